The Balaban J connectivity index is 2.20. The highest BCUT2D eigenvalue weighted by molar-refractivity contribution is 9.10. The Morgan fingerprint density at radius 1 is 1.20 bits per heavy atom. The number of hydrogen-bond donors (Lipinski definition) is 0. The molecule has 0 spiro atoms. The van der Waals surface area contributed by atoms with Gasteiger partial charge in [0.05, 0.1) is 16.1 Å². The number of nitrogens with zero attached hydrogens (tertiary/aromatic N) is 4. The van der Waals surface area contributed by atoms with Gasteiger partial charge in [-0.1, -0.05) is 15.9 Å². The van der Waals surface area contributed by atoms with Gasteiger partial charge >= 0.3 is 0 Å². The first kappa shape index (κ1) is 12.5. The minimum absolute atomic E-state index is 0.141. The van der Waals surface area contributed by atoms with E-state index >= 15 is 0 Å². The Hall–Kier alpha value is -2.48. The predicted molar refractivity (Wildman–Crippen MR) is 74.4 cm³/mol. The number of hydrogen-bond acceptors (Lipinski definition) is 4. The van der Waals surface area contributed by atoms with Gasteiger partial charge in [-0.25, -0.2) is 0 Å². The normalized spacial score (nSPS) is 10.8. The second-order valence-corrected chi connectivity index (χ2v) is 4.98. The lowest BCUT2D eigenvalue weighted by Gasteiger charge is -2.03. The van der Waals surface area contributed by atoms with Crippen LogP contribution < -0.4 is 4.85 Å². The fraction of sp³-hybridized carbons (Fsp3) is 0. The molecule has 100 valence electrons. The summed E-state index contributed by atoms with van der Waals surface area (Å²) < 4.78 is 0.881. The first-order valence-corrected chi connectivity index (χ1v) is 6.38. The van der Waals surface area contributed by atoms with Gasteiger partial charge in [-0.05, 0) is 29.1 Å². The van der Waals surface area contributed by atoms with Gasteiger partial charge in [0.25, 0.3) is 11.2 Å². The van der Waals surface area contributed by atoms with Crippen molar-refractivity contribution in [2.45, 2.75) is 0 Å². The number of rotatable bonds is 2. The molecular weight excluding hydrogens is 328 g/mol. The third-order valence-corrected chi connectivity index (χ3v) is 3.34. The van der Waals surface area contributed by atoms with E-state index in [9.17, 15) is 15.3 Å². The topological polar surface area (TPSA) is 87.9 Å². The summed E-state index contributed by atoms with van der Waals surface area (Å²) in [7, 11) is 0. The molecule has 0 atom stereocenters. The maximum absolute atomic E-state index is 12.2. The van der Waals surface area contributed by atoms with E-state index in [0.717, 1.165) is 9.27 Å². The summed E-state index contributed by atoms with van der Waals surface area (Å²) in [6, 6.07) is 11.0. The minimum Gasteiger partial charge on any atom is -0.692 e. The molecule has 0 unspecified atom stereocenters. The van der Waals surface area contributed by atoms with Crippen LogP contribution >= 0.6 is 15.9 Å². The minimum atomic E-state index is -0.545. The van der Waals surface area contributed by atoms with E-state index in [2.05, 4.69) is 21.0 Å². The van der Waals surface area contributed by atoms with Gasteiger partial charge < -0.3 is 5.21 Å². The molecule has 0 bridgehead atoms. The molecule has 0 N–H and O–H groups in total. The molecule has 2 aromatic carbocycles. The molecule has 0 fully saturated rings. The van der Waals surface area contributed by atoms with Crippen LogP contribution in [0.2, 0.25) is 0 Å². The molecule has 8 heteroatoms. The van der Waals surface area contributed by atoms with Crippen LogP contribution in [0.1, 0.15) is 0 Å². The van der Waals surface area contributed by atoms with Crippen LogP contribution in [0.25, 0.3) is 16.7 Å². The first-order chi connectivity index (χ1) is 9.56. The van der Waals surface area contributed by atoms with E-state index in [1.165, 1.54) is 18.2 Å². The summed E-state index contributed by atoms with van der Waals surface area (Å²) in [5.74, 6) is 0. The summed E-state index contributed by atoms with van der Waals surface area (Å²) in [6.07, 6.45) is 0. The Morgan fingerprint density at radius 2 is 1.90 bits per heavy atom. The molecule has 1 heterocycles. The van der Waals surface area contributed by atoms with Crippen LogP contribution in [-0.4, -0.2) is 14.8 Å². The lowest BCUT2D eigenvalue weighted by atomic mass is 10.3. The molecule has 3 rings (SSSR count). The lowest BCUT2D eigenvalue weighted by Crippen LogP contribution is -2.37. The molecule has 0 amide bonds. The van der Waals surface area contributed by atoms with Crippen LogP contribution in [0.3, 0.4) is 0 Å². The lowest BCUT2D eigenvalue weighted by molar-refractivity contribution is -0.664. The van der Waals surface area contributed by atoms with Crippen LogP contribution in [0.4, 0.5) is 5.69 Å². The quantitative estimate of drug-likeness (QED) is 0.311. The predicted octanol–water partition coefficient (Wildman–Crippen LogP) is 2.33. The van der Waals surface area contributed by atoms with E-state index in [0.29, 0.717) is 16.0 Å². The van der Waals surface area contributed by atoms with Gasteiger partial charge in [-0.2, -0.15) is 0 Å². The molecule has 3 aromatic rings. The SMILES string of the molecule is O=[N+]([O-])c1ccc2nn(-c3ccc(Br)cc3)[n+]([O-])c2c1. The molecule has 20 heavy (non-hydrogen) atoms. The van der Waals surface area contributed by atoms with Crippen molar-refractivity contribution >= 4 is 32.7 Å². The number of fused-ring (bicyclic) bond motifs is 1. The van der Waals surface area contributed by atoms with Crippen molar-refractivity contribution in [3.63, 3.8) is 0 Å². The second kappa shape index (κ2) is 4.57. The number of aromatic nitrogens is 3. The highest BCUT2D eigenvalue weighted by atomic mass is 79.9. The smallest absolute Gasteiger partial charge is 0.274 e. The Bertz CT molecular complexity index is 813. The summed E-state index contributed by atoms with van der Waals surface area (Å²) in [6.45, 7) is 0. The van der Waals surface area contributed by atoms with Crippen molar-refractivity contribution in [3.8, 4) is 5.69 Å². The molecule has 1 aromatic heterocycles. The number of non-ortho nitro benzene ring substituents is 1. The van der Waals surface area contributed by atoms with Crippen molar-refractivity contribution in [2.75, 3.05) is 0 Å². The molecular formula is C12H7BrN4O3. The Labute approximate surface area is 120 Å². The van der Waals surface area contributed by atoms with Gasteiger partial charge in [0.15, 0.2) is 0 Å². The van der Waals surface area contributed by atoms with Crippen molar-refractivity contribution in [1.82, 2.24) is 9.90 Å². The monoisotopic (exact) mass is 334 g/mol. The van der Waals surface area contributed by atoms with Crippen molar-refractivity contribution in [1.29, 1.82) is 0 Å². The fourth-order valence-corrected chi connectivity index (χ4v) is 2.11. The second-order valence-electron chi connectivity index (χ2n) is 4.07. The highest BCUT2D eigenvalue weighted by Crippen LogP contribution is 2.18. The zero-order chi connectivity index (χ0) is 14.3. The van der Waals surface area contributed by atoms with Crippen molar-refractivity contribution in [3.05, 3.63) is 62.3 Å². The fourth-order valence-electron chi connectivity index (χ4n) is 1.84. The van der Waals surface area contributed by atoms with Crippen LogP contribution in [0.5, 0.6) is 0 Å². The Kier molecular flexibility index (Phi) is 2.87. The molecule has 0 aliphatic rings. The van der Waals surface area contributed by atoms with E-state index in [1.807, 2.05) is 0 Å². The summed E-state index contributed by atoms with van der Waals surface area (Å²) >= 11 is 3.31. The highest BCUT2D eigenvalue weighted by Gasteiger charge is 2.19. The average molecular weight is 335 g/mol. The summed E-state index contributed by atoms with van der Waals surface area (Å²) in [5.41, 5.74) is 0.982. The maximum Gasteiger partial charge on any atom is 0.274 e. The molecule has 0 saturated heterocycles. The summed E-state index contributed by atoms with van der Waals surface area (Å²) in [5, 5.41) is 27.0. The zero-order valence-electron chi connectivity index (χ0n) is 9.93. The number of nitro benzene ring substituents is 1. The molecule has 7 nitrogen and oxygen atoms in total. The van der Waals surface area contributed by atoms with Gasteiger partial charge in [0, 0.05) is 16.6 Å². The third kappa shape index (κ3) is 1.99. The van der Waals surface area contributed by atoms with Gasteiger partial charge in [0.1, 0.15) is 5.69 Å². The third-order valence-electron chi connectivity index (χ3n) is 2.81. The molecule has 0 saturated carbocycles. The van der Waals surface area contributed by atoms with Crippen LogP contribution in [-0.2, 0) is 0 Å². The van der Waals surface area contributed by atoms with Gasteiger partial charge in [0.2, 0.25) is 5.52 Å². The largest absolute Gasteiger partial charge is 0.692 e. The average Bonchev–Trinajstić information content (AvgIpc) is 2.76. The number of benzene rings is 2. The molecule has 0 radical (unpaired) electrons. The van der Waals surface area contributed by atoms with E-state index in [1.54, 1.807) is 24.3 Å². The first-order valence-electron chi connectivity index (χ1n) is 5.59. The van der Waals surface area contributed by atoms with Gasteiger partial charge in [-0.3, -0.25) is 10.1 Å². The Morgan fingerprint density at radius 3 is 2.55 bits per heavy atom. The van der Waals surface area contributed by atoms with Gasteiger partial charge in [-0.15, -0.1) is 4.85 Å². The van der Waals surface area contributed by atoms with Crippen molar-refractivity contribution < 1.29 is 9.77 Å². The molecule has 0 aliphatic heterocycles. The van der Waals surface area contributed by atoms with Crippen LogP contribution in [0.15, 0.2) is 46.9 Å². The standard InChI is InChI=1S/C12H7BrN4O3/c13-8-1-3-9(4-2-8)15-14-11-6-5-10(17(19)20)7-12(11)16(15)18/h1-7H. The molecule has 0 aliphatic carbocycles. The van der Waals surface area contributed by atoms with Crippen molar-refractivity contribution in [2.24, 2.45) is 0 Å². The summed E-state index contributed by atoms with van der Waals surface area (Å²) in [4.78, 5) is 11.9. The number of halogens is 1. The van der Waals surface area contributed by atoms with Crippen LogP contribution in [0, 0.1) is 15.3 Å². The zero-order valence-corrected chi connectivity index (χ0v) is 11.5. The number of nitro groups is 1. The van der Waals surface area contributed by atoms with E-state index < -0.39 is 4.92 Å². The maximum atomic E-state index is 12.2. The van der Waals surface area contributed by atoms with E-state index in [4.69, 9.17) is 0 Å². The van der Waals surface area contributed by atoms with E-state index in [-0.39, 0.29) is 11.2 Å².